The third-order valence-corrected chi connectivity index (χ3v) is 0.649. The van der Waals surface area contributed by atoms with E-state index in [9.17, 15) is 0 Å². The first-order valence-electron chi connectivity index (χ1n) is 2.69. The molecule has 0 spiro atoms. The van der Waals surface area contributed by atoms with Gasteiger partial charge in [0.2, 0.25) is 0 Å². The van der Waals surface area contributed by atoms with Crippen molar-refractivity contribution in [2.75, 3.05) is 0 Å². The Hall–Kier alpha value is -1.18. The lowest BCUT2D eigenvalue weighted by atomic mass is 10.4. The first kappa shape index (κ1) is 7.82. The summed E-state index contributed by atoms with van der Waals surface area (Å²) < 4.78 is 0. The first-order chi connectivity index (χ1) is 4.41. The molecule has 0 aliphatic heterocycles. The average Bonchev–Trinajstić information content (AvgIpc) is 1.89. The van der Waals surface area contributed by atoms with Crippen LogP contribution in [0.1, 0.15) is 6.92 Å². The van der Waals surface area contributed by atoms with Gasteiger partial charge in [0.1, 0.15) is 0 Å². The Morgan fingerprint density at radius 1 is 1.22 bits per heavy atom. The highest BCUT2D eigenvalue weighted by Gasteiger charge is 1.58. The number of hydrogen-bond acceptors (Lipinski definition) is 2. The zero-order valence-electron chi connectivity index (χ0n) is 5.49. The van der Waals surface area contributed by atoms with Crippen molar-refractivity contribution in [3.05, 3.63) is 24.3 Å². The molecule has 0 aromatic carbocycles. The van der Waals surface area contributed by atoms with Crippen LogP contribution in [0.2, 0.25) is 0 Å². The molecular weight excluding hydrogens is 112 g/mol. The summed E-state index contributed by atoms with van der Waals surface area (Å²) in [7, 11) is 0. The van der Waals surface area contributed by atoms with Crippen molar-refractivity contribution in [3.8, 4) is 0 Å². The van der Waals surface area contributed by atoms with Crippen LogP contribution in [0.5, 0.6) is 0 Å². The molecule has 2 nitrogen and oxygen atoms in total. The van der Waals surface area contributed by atoms with Gasteiger partial charge in [-0.15, -0.1) is 0 Å². The second-order valence-electron chi connectivity index (χ2n) is 1.32. The minimum atomic E-state index is 1.58. The molecule has 0 rings (SSSR count). The highest BCUT2D eigenvalue weighted by atomic mass is 15.2. The molecule has 2 heteroatoms. The van der Waals surface area contributed by atoms with E-state index < -0.39 is 0 Å². The molecule has 0 aliphatic rings. The maximum atomic E-state index is 3.51. The van der Waals surface area contributed by atoms with E-state index in [1.807, 2.05) is 25.2 Å². The molecule has 0 aromatic heterocycles. The molecule has 0 aliphatic carbocycles. The molecule has 0 bridgehead atoms. The summed E-state index contributed by atoms with van der Waals surface area (Å²) in [5, 5.41) is 6.79. The van der Waals surface area contributed by atoms with Gasteiger partial charge >= 0.3 is 0 Å². The summed E-state index contributed by atoms with van der Waals surface area (Å²) >= 11 is 0. The van der Waals surface area contributed by atoms with Crippen LogP contribution in [0.3, 0.4) is 0 Å². The van der Waals surface area contributed by atoms with Crippen LogP contribution >= 0.6 is 0 Å². The summed E-state index contributed by atoms with van der Waals surface area (Å²) in [6.45, 7) is 5.13. The van der Waals surface area contributed by atoms with Gasteiger partial charge in [-0.2, -0.15) is 10.2 Å². The topological polar surface area (TPSA) is 24.7 Å². The molecule has 0 aromatic rings. The van der Waals surface area contributed by atoms with E-state index in [2.05, 4.69) is 16.9 Å². The van der Waals surface area contributed by atoms with Crippen LogP contribution in [0.25, 0.3) is 0 Å². The maximum absolute atomic E-state index is 3.51. The molecular formula is C7H10N2. The van der Waals surface area contributed by atoms with Gasteiger partial charge in [0.15, 0.2) is 0 Å². The van der Waals surface area contributed by atoms with Gasteiger partial charge in [0, 0.05) is 12.9 Å². The third-order valence-electron chi connectivity index (χ3n) is 0.649. The predicted octanol–water partition coefficient (Wildman–Crippen LogP) is 1.81. The Kier molecular flexibility index (Phi) is 5.93. The highest BCUT2D eigenvalue weighted by molar-refractivity contribution is 5.71. The van der Waals surface area contributed by atoms with Crippen molar-refractivity contribution < 1.29 is 0 Å². The van der Waals surface area contributed by atoms with E-state index >= 15 is 0 Å². The van der Waals surface area contributed by atoms with E-state index in [1.54, 1.807) is 12.3 Å². The first-order valence-corrected chi connectivity index (χ1v) is 2.69. The molecule has 0 amide bonds. The Bertz CT molecular complexity index is 143. The van der Waals surface area contributed by atoms with Crippen molar-refractivity contribution in [1.82, 2.24) is 0 Å². The number of hydrogen-bond donors (Lipinski definition) is 0. The van der Waals surface area contributed by atoms with Crippen LogP contribution in [0.4, 0.5) is 0 Å². The molecule has 0 saturated heterocycles. The summed E-state index contributed by atoms with van der Waals surface area (Å²) in [5.41, 5.74) is 0. The van der Waals surface area contributed by atoms with Crippen LogP contribution in [0.15, 0.2) is 34.5 Å². The van der Waals surface area contributed by atoms with Crippen molar-refractivity contribution in [1.29, 1.82) is 0 Å². The highest BCUT2D eigenvalue weighted by Crippen LogP contribution is 1.73. The fraction of sp³-hybridized carbons (Fsp3) is 0.143. The molecule has 0 atom stereocenters. The maximum Gasteiger partial charge on any atom is 0.0495 e. The quantitative estimate of drug-likeness (QED) is 0.310. The lowest BCUT2D eigenvalue weighted by Crippen LogP contribution is -1.58. The van der Waals surface area contributed by atoms with Gasteiger partial charge in [-0.3, -0.25) is 0 Å². The largest absolute Gasteiger partial charge is 0.167 e. The molecule has 0 fully saturated rings. The summed E-state index contributed by atoms with van der Waals surface area (Å²) in [6, 6.07) is 0. The SMILES string of the molecule is C=N/N=C/C=C\C=C/C. The number of rotatable bonds is 3. The van der Waals surface area contributed by atoms with Crippen LogP contribution in [-0.2, 0) is 0 Å². The third kappa shape index (κ3) is 6.82. The van der Waals surface area contributed by atoms with E-state index in [0.29, 0.717) is 0 Å². The van der Waals surface area contributed by atoms with Crippen LogP contribution < -0.4 is 0 Å². The Morgan fingerprint density at radius 2 is 2.00 bits per heavy atom. The lowest BCUT2D eigenvalue weighted by Gasteiger charge is -1.69. The Balaban J connectivity index is 3.46. The monoisotopic (exact) mass is 122 g/mol. The van der Waals surface area contributed by atoms with Gasteiger partial charge in [0.05, 0.1) is 0 Å². The smallest absolute Gasteiger partial charge is 0.0495 e. The summed E-state index contributed by atoms with van der Waals surface area (Å²) in [6.07, 6.45) is 9.08. The fourth-order valence-electron chi connectivity index (χ4n) is 0.311. The minimum absolute atomic E-state index is 1.58. The van der Waals surface area contributed by atoms with Gasteiger partial charge in [-0.1, -0.05) is 18.2 Å². The predicted molar refractivity (Wildman–Crippen MR) is 42.0 cm³/mol. The van der Waals surface area contributed by atoms with E-state index in [0.717, 1.165) is 0 Å². The van der Waals surface area contributed by atoms with Crippen molar-refractivity contribution in [3.63, 3.8) is 0 Å². The Labute approximate surface area is 55.3 Å². The van der Waals surface area contributed by atoms with Gasteiger partial charge in [-0.25, -0.2) is 0 Å². The summed E-state index contributed by atoms with van der Waals surface area (Å²) in [4.78, 5) is 0. The van der Waals surface area contributed by atoms with E-state index in [4.69, 9.17) is 0 Å². The zero-order chi connectivity index (χ0) is 6.95. The van der Waals surface area contributed by atoms with Crippen molar-refractivity contribution >= 4 is 12.9 Å². The van der Waals surface area contributed by atoms with Crippen LogP contribution in [-0.4, -0.2) is 12.9 Å². The zero-order valence-corrected chi connectivity index (χ0v) is 5.49. The van der Waals surface area contributed by atoms with E-state index in [1.165, 1.54) is 0 Å². The van der Waals surface area contributed by atoms with Gasteiger partial charge < -0.3 is 0 Å². The molecule has 0 N–H and O–H groups in total. The fourth-order valence-corrected chi connectivity index (χ4v) is 0.311. The molecule has 48 valence electrons. The van der Waals surface area contributed by atoms with Crippen LogP contribution in [0, 0.1) is 0 Å². The average molecular weight is 122 g/mol. The molecule has 0 unspecified atom stereocenters. The molecule has 0 saturated carbocycles. The van der Waals surface area contributed by atoms with Crippen molar-refractivity contribution in [2.45, 2.75) is 6.92 Å². The molecule has 0 heterocycles. The lowest BCUT2D eigenvalue weighted by molar-refractivity contribution is 1.28. The molecule has 0 radical (unpaired) electrons. The van der Waals surface area contributed by atoms with E-state index in [-0.39, 0.29) is 0 Å². The van der Waals surface area contributed by atoms with Crippen molar-refractivity contribution in [2.24, 2.45) is 10.2 Å². The molecule has 9 heavy (non-hydrogen) atoms. The summed E-state index contributed by atoms with van der Waals surface area (Å²) in [5.74, 6) is 0. The number of allylic oxidation sites excluding steroid dienone is 4. The Morgan fingerprint density at radius 3 is 2.56 bits per heavy atom. The second-order valence-corrected chi connectivity index (χ2v) is 1.32. The van der Waals surface area contributed by atoms with Gasteiger partial charge in [0.25, 0.3) is 0 Å². The normalized spacial score (nSPS) is 12.1. The minimum Gasteiger partial charge on any atom is -0.167 e. The van der Waals surface area contributed by atoms with Gasteiger partial charge in [-0.05, 0) is 13.0 Å². The standard InChI is InChI=1S/C7H10N2/c1-3-4-5-6-7-9-8-2/h3-7H,2H2,1H3/b4-3-,6-5-,9-7+. The second kappa shape index (κ2) is 6.82. The number of nitrogens with zero attached hydrogens (tertiary/aromatic N) is 2.